The molecule has 0 saturated carbocycles. The summed E-state index contributed by atoms with van der Waals surface area (Å²) in [5, 5.41) is 2.71. The monoisotopic (exact) mass is 357 g/mol. The second-order valence-corrected chi connectivity index (χ2v) is 7.97. The van der Waals surface area contributed by atoms with Gasteiger partial charge in [-0.05, 0) is 31.9 Å². The van der Waals surface area contributed by atoms with Crippen LogP contribution in [0.2, 0.25) is 0 Å². The SMILES string of the molecule is CC.CC(C)(C)OC(=O)N[C@H]1c2ccccc2CC1OS(C)(=O)=O. The molecule has 6 nitrogen and oxygen atoms in total. The van der Waals surface area contributed by atoms with E-state index in [1.807, 2.05) is 38.1 Å². The van der Waals surface area contributed by atoms with Crippen molar-refractivity contribution in [3.05, 3.63) is 35.4 Å². The Balaban J connectivity index is 0.00000139. The lowest BCUT2D eigenvalue weighted by molar-refractivity contribution is 0.0458. The third-order valence-corrected chi connectivity index (χ3v) is 3.75. The van der Waals surface area contributed by atoms with Crippen LogP contribution in [0.25, 0.3) is 0 Å². The average molecular weight is 357 g/mol. The van der Waals surface area contributed by atoms with Crippen molar-refractivity contribution in [3.8, 4) is 0 Å². The van der Waals surface area contributed by atoms with Gasteiger partial charge in [0.2, 0.25) is 0 Å². The first-order valence-corrected chi connectivity index (χ1v) is 9.82. The molecular weight excluding hydrogens is 330 g/mol. The zero-order chi connectivity index (χ0) is 18.5. The summed E-state index contributed by atoms with van der Waals surface area (Å²) in [7, 11) is -3.62. The molecule has 1 unspecified atom stereocenters. The summed E-state index contributed by atoms with van der Waals surface area (Å²) in [6.07, 6.45) is 0.153. The number of ether oxygens (including phenoxy) is 1. The van der Waals surface area contributed by atoms with E-state index < -0.39 is 34.0 Å². The average Bonchev–Trinajstić information content (AvgIpc) is 2.75. The summed E-state index contributed by atoms with van der Waals surface area (Å²) in [6, 6.07) is 6.89. The minimum Gasteiger partial charge on any atom is -0.444 e. The van der Waals surface area contributed by atoms with Crippen molar-refractivity contribution in [3.63, 3.8) is 0 Å². The highest BCUT2D eigenvalue weighted by Gasteiger charge is 2.37. The molecular formula is C17H27NO5S. The molecule has 136 valence electrons. The van der Waals surface area contributed by atoms with Gasteiger partial charge in [-0.15, -0.1) is 0 Å². The maximum atomic E-state index is 12.0. The van der Waals surface area contributed by atoms with Crippen LogP contribution < -0.4 is 5.32 Å². The van der Waals surface area contributed by atoms with Gasteiger partial charge in [-0.25, -0.2) is 4.79 Å². The van der Waals surface area contributed by atoms with E-state index in [1.54, 1.807) is 20.8 Å². The molecule has 0 heterocycles. The van der Waals surface area contributed by atoms with E-state index in [4.69, 9.17) is 8.92 Å². The van der Waals surface area contributed by atoms with Gasteiger partial charge in [-0.2, -0.15) is 8.42 Å². The van der Waals surface area contributed by atoms with Gasteiger partial charge in [-0.3, -0.25) is 4.18 Å². The molecule has 1 N–H and O–H groups in total. The van der Waals surface area contributed by atoms with E-state index in [-0.39, 0.29) is 0 Å². The standard InChI is InChI=1S/C15H21NO5S.C2H6/c1-15(2,3)20-14(17)16-13-11-8-6-5-7-10(11)9-12(13)21-22(4,18)19;1-2/h5-8,12-13H,9H2,1-4H3,(H,16,17);1-2H3/t12?,13-;/m0./s1. The van der Waals surface area contributed by atoms with Crippen LogP contribution in [-0.4, -0.2) is 32.5 Å². The van der Waals surface area contributed by atoms with E-state index >= 15 is 0 Å². The topological polar surface area (TPSA) is 81.7 Å². The Hall–Kier alpha value is -1.60. The van der Waals surface area contributed by atoms with Crippen LogP contribution in [-0.2, 0) is 25.5 Å². The van der Waals surface area contributed by atoms with Crippen molar-refractivity contribution in [2.24, 2.45) is 0 Å². The van der Waals surface area contributed by atoms with Gasteiger partial charge in [0, 0.05) is 6.42 Å². The molecule has 1 aromatic rings. The lowest BCUT2D eigenvalue weighted by Crippen LogP contribution is -2.39. The summed E-state index contributed by atoms with van der Waals surface area (Å²) in [5.74, 6) is 0. The summed E-state index contributed by atoms with van der Waals surface area (Å²) in [6.45, 7) is 9.29. The maximum absolute atomic E-state index is 12.0. The molecule has 2 rings (SSSR count). The molecule has 2 atom stereocenters. The quantitative estimate of drug-likeness (QED) is 0.840. The van der Waals surface area contributed by atoms with Crippen molar-refractivity contribution in [1.82, 2.24) is 5.32 Å². The molecule has 0 aromatic heterocycles. The molecule has 1 amide bonds. The Kier molecular flexibility index (Phi) is 6.80. The van der Waals surface area contributed by atoms with Crippen molar-refractivity contribution >= 4 is 16.2 Å². The molecule has 0 saturated heterocycles. The normalized spacial score (nSPS) is 19.8. The molecule has 24 heavy (non-hydrogen) atoms. The molecule has 0 bridgehead atoms. The second-order valence-electron chi connectivity index (χ2n) is 6.37. The van der Waals surface area contributed by atoms with Crippen LogP contribution >= 0.6 is 0 Å². The number of hydrogen-bond acceptors (Lipinski definition) is 5. The van der Waals surface area contributed by atoms with Crippen molar-refractivity contribution in [2.75, 3.05) is 6.26 Å². The van der Waals surface area contributed by atoms with E-state index in [2.05, 4.69) is 5.32 Å². The highest BCUT2D eigenvalue weighted by atomic mass is 32.2. The van der Waals surface area contributed by atoms with Gasteiger partial charge < -0.3 is 10.1 Å². The van der Waals surface area contributed by atoms with E-state index in [9.17, 15) is 13.2 Å². The fourth-order valence-corrected chi connectivity index (χ4v) is 3.11. The summed E-state index contributed by atoms with van der Waals surface area (Å²) in [5.41, 5.74) is 1.18. The molecule has 1 aromatic carbocycles. The van der Waals surface area contributed by atoms with Gasteiger partial charge in [0.25, 0.3) is 10.1 Å². The number of nitrogens with one attached hydrogen (secondary N) is 1. The molecule has 1 aliphatic rings. The summed E-state index contributed by atoms with van der Waals surface area (Å²) < 4.78 is 33.2. The molecule has 0 aliphatic heterocycles. The van der Waals surface area contributed by atoms with Crippen LogP contribution in [0.3, 0.4) is 0 Å². The minimum atomic E-state index is -3.62. The molecule has 1 aliphatic carbocycles. The van der Waals surface area contributed by atoms with Crippen LogP contribution in [0.4, 0.5) is 4.79 Å². The van der Waals surface area contributed by atoms with E-state index in [0.717, 1.165) is 17.4 Å². The Morgan fingerprint density at radius 3 is 2.33 bits per heavy atom. The number of amides is 1. The third kappa shape index (κ3) is 6.13. The maximum Gasteiger partial charge on any atom is 0.408 e. The Bertz CT molecular complexity index is 664. The van der Waals surface area contributed by atoms with Gasteiger partial charge in [0.15, 0.2) is 0 Å². The first-order valence-electron chi connectivity index (χ1n) is 8.01. The fourth-order valence-electron chi connectivity index (χ4n) is 2.48. The number of rotatable bonds is 3. The van der Waals surface area contributed by atoms with Gasteiger partial charge >= 0.3 is 6.09 Å². The number of fused-ring (bicyclic) bond motifs is 1. The van der Waals surface area contributed by atoms with E-state index in [0.29, 0.717) is 6.42 Å². The summed E-state index contributed by atoms with van der Waals surface area (Å²) >= 11 is 0. The fraction of sp³-hybridized carbons (Fsp3) is 0.588. The Morgan fingerprint density at radius 2 is 1.79 bits per heavy atom. The number of benzene rings is 1. The lowest BCUT2D eigenvalue weighted by atomic mass is 10.1. The lowest BCUT2D eigenvalue weighted by Gasteiger charge is -2.24. The number of alkyl carbamates (subject to hydrolysis) is 1. The molecule has 0 spiro atoms. The Morgan fingerprint density at radius 1 is 1.21 bits per heavy atom. The zero-order valence-corrected chi connectivity index (χ0v) is 15.9. The second kappa shape index (κ2) is 7.98. The third-order valence-electron chi connectivity index (χ3n) is 3.15. The van der Waals surface area contributed by atoms with Crippen molar-refractivity contribution < 1.29 is 22.1 Å². The van der Waals surface area contributed by atoms with Gasteiger partial charge in [0.05, 0.1) is 12.3 Å². The largest absolute Gasteiger partial charge is 0.444 e. The van der Waals surface area contributed by atoms with Crippen LogP contribution in [0.1, 0.15) is 51.8 Å². The number of carbonyl (C=O) groups is 1. The Labute approximate surface area is 144 Å². The smallest absolute Gasteiger partial charge is 0.408 e. The molecule has 0 radical (unpaired) electrons. The molecule has 7 heteroatoms. The predicted octanol–water partition coefficient (Wildman–Crippen LogP) is 3.18. The minimum absolute atomic E-state index is 0.420. The predicted molar refractivity (Wildman–Crippen MR) is 93.3 cm³/mol. The van der Waals surface area contributed by atoms with Crippen LogP contribution in [0.5, 0.6) is 0 Å². The first-order chi connectivity index (χ1) is 11.1. The van der Waals surface area contributed by atoms with E-state index in [1.165, 1.54) is 0 Å². The van der Waals surface area contributed by atoms with Crippen molar-refractivity contribution in [2.45, 2.75) is 58.8 Å². The number of carbonyl (C=O) groups excluding carboxylic acids is 1. The highest BCUT2D eigenvalue weighted by molar-refractivity contribution is 7.86. The van der Waals surface area contributed by atoms with Gasteiger partial charge in [-0.1, -0.05) is 38.1 Å². The van der Waals surface area contributed by atoms with Crippen molar-refractivity contribution in [1.29, 1.82) is 0 Å². The van der Waals surface area contributed by atoms with Gasteiger partial charge in [0.1, 0.15) is 11.7 Å². The highest BCUT2D eigenvalue weighted by Crippen LogP contribution is 2.34. The molecule has 0 fully saturated rings. The first kappa shape index (κ1) is 20.4. The van der Waals surface area contributed by atoms with Crippen LogP contribution in [0, 0.1) is 0 Å². The summed E-state index contributed by atoms with van der Waals surface area (Å²) in [4.78, 5) is 12.0. The zero-order valence-electron chi connectivity index (χ0n) is 15.1. The van der Waals surface area contributed by atoms with Crippen LogP contribution in [0.15, 0.2) is 24.3 Å². The number of hydrogen-bond donors (Lipinski definition) is 1.